The molecule has 3 fully saturated rings. The third-order valence-corrected chi connectivity index (χ3v) is 8.46. The van der Waals surface area contributed by atoms with Gasteiger partial charge in [-0.05, 0) is 13.3 Å². The highest BCUT2D eigenvalue weighted by Crippen LogP contribution is 2.51. The van der Waals surface area contributed by atoms with Crippen molar-refractivity contribution in [2.24, 2.45) is 11.8 Å². The van der Waals surface area contributed by atoms with E-state index in [0.29, 0.717) is 24.4 Å². The van der Waals surface area contributed by atoms with Gasteiger partial charge in [-0.25, -0.2) is 4.79 Å². The first-order valence-electron chi connectivity index (χ1n) is 11.4. The van der Waals surface area contributed by atoms with Crippen LogP contribution in [0.2, 0.25) is 0 Å². The molecule has 0 radical (unpaired) electrons. The lowest BCUT2D eigenvalue weighted by Crippen LogP contribution is -2.63. The summed E-state index contributed by atoms with van der Waals surface area (Å²) in [5.41, 5.74) is 0.0401. The maximum atomic E-state index is 12.6. The number of carboxylic acid groups (broad SMARTS) is 1. The Morgan fingerprint density at radius 1 is 1.31 bits per heavy atom. The van der Waals surface area contributed by atoms with Crippen LogP contribution in [0.1, 0.15) is 20.3 Å². The van der Waals surface area contributed by atoms with Crippen molar-refractivity contribution in [3.05, 3.63) is 10.6 Å². The summed E-state index contributed by atoms with van der Waals surface area (Å²) in [6, 6.07) is -0.612. The number of aliphatic carboxylic acids is 1. The van der Waals surface area contributed by atoms with Gasteiger partial charge in [0.25, 0.3) is 0 Å². The summed E-state index contributed by atoms with van der Waals surface area (Å²) in [6.45, 7) is 9.47. The summed E-state index contributed by atoms with van der Waals surface area (Å²) in [6.07, 6.45) is -0.209. The zero-order chi connectivity index (χ0) is 23.0. The molecule has 5 N–H and O–H groups in total. The number of amides is 2. The number of carboxylic acids is 1. The molecule has 11 heteroatoms. The van der Waals surface area contributed by atoms with E-state index in [2.05, 4.69) is 20.9 Å². The predicted molar refractivity (Wildman–Crippen MR) is 120 cm³/mol. The van der Waals surface area contributed by atoms with Crippen LogP contribution >= 0.6 is 11.8 Å². The Morgan fingerprint density at radius 2 is 2.03 bits per heavy atom. The van der Waals surface area contributed by atoms with E-state index in [1.807, 2.05) is 6.92 Å². The smallest absolute Gasteiger partial charge is 0.353 e. The molecule has 0 saturated carbocycles. The number of nitrogens with one attached hydrogen (secondary N) is 3. The van der Waals surface area contributed by atoms with Crippen LogP contribution in [0.5, 0.6) is 0 Å². The zero-order valence-electron chi connectivity index (χ0n) is 18.5. The van der Waals surface area contributed by atoms with Gasteiger partial charge in [0.05, 0.1) is 24.1 Å². The summed E-state index contributed by atoms with van der Waals surface area (Å²) < 4.78 is 0. The number of aliphatic hydroxyl groups excluding tert-OH is 1. The molecule has 0 aromatic carbocycles. The van der Waals surface area contributed by atoms with Crippen LogP contribution in [-0.2, 0) is 14.4 Å². The highest BCUT2D eigenvalue weighted by atomic mass is 32.2. The number of carbonyl (C=O) groups excluding carboxylic acids is 2. The van der Waals surface area contributed by atoms with Gasteiger partial charge < -0.3 is 31.1 Å². The lowest BCUT2D eigenvalue weighted by atomic mass is 9.79. The van der Waals surface area contributed by atoms with Crippen molar-refractivity contribution in [2.75, 3.05) is 45.8 Å². The molecule has 0 aromatic heterocycles. The number of rotatable bonds is 8. The molecular formula is C21H33N5O5S. The van der Waals surface area contributed by atoms with Gasteiger partial charge in [-0.3, -0.25) is 14.5 Å². The molecule has 6 atom stereocenters. The van der Waals surface area contributed by atoms with E-state index >= 15 is 0 Å². The minimum atomic E-state index is -1.12. The molecule has 178 valence electrons. The number of hydrogen-bond donors (Lipinski definition) is 5. The summed E-state index contributed by atoms with van der Waals surface area (Å²) in [4.78, 5) is 41.3. The average Bonchev–Trinajstić information content (AvgIpc) is 3.31. The molecule has 0 bridgehead atoms. The Morgan fingerprint density at radius 3 is 2.69 bits per heavy atom. The van der Waals surface area contributed by atoms with E-state index in [1.54, 1.807) is 6.92 Å². The van der Waals surface area contributed by atoms with Crippen molar-refractivity contribution < 1.29 is 24.6 Å². The Kier molecular flexibility index (Phi) is 7.11. The van der Waals surface area contributed by atoms with Gasteiger partial charge in [-0.1, -0.05) is 6.92 Å². The summed E-state index contributed by atoms with van der Waals surface area (Å²) in [7, 11) is 0. The Bertz CT molecular complexity index is 799. The lowest BCUT2D eigenvalue weighted by Gasteiger charge is -2.46. The molecule has 0 aromatic rings. The number of aliphatic hydroxyl groups is 1. The van der Waals surface area contributed by atoms with Crippen molar-refractivity contribution in [2.45, 2.75) is 43.7 Å². The summed E-state index contributed by atoms with van der Waals surface area (Å²) in [5.74, 6) is -2.18. The van der Waals surface area contributed by atoms with Crippen LogP contribution < -0.4 is 16.0 Å². The summed E-state index contributed by atoms with van der Waals surface area (Å²) in [5, 5.41) is 29.4. The predicted octanol–water partition coefficient (Wildman–Crippen LogP) is -1.37. The van der Waals surface area contributed by atoms with Gasteiger partial charge in [0.1, 0.15) is 5.70 Å². The van der Waals surface area contributed by atoms with E-state index in [0.717, 1.165) is 32.7 Å². The Hall–Kier alpha value is -1.66. The highest BCUT2D eigenvalue weighted by molar-refractivity contribution is 8.03. The number of thioether (sulfide) groups is 1. The fraction of sp³-hybridized carbons (Fsp3) is 0.762. The molecule has 2 unspecified atom stereocenters. The minimum absolute atomic E-state index is 0.0247. The monoisotopic (exact) mass is 467 g/mol. The molecule has 4 aliphatic rings. The number of piperazine rings is 1. The molecular weight excluding hydrogens is 434 g/mol. The quantitative estimate of drug-likeness (QED) is 0.274. The molecule has 3 saturated heterocycles. The van der Waals surface area contributed by atoms with E-state index < -0.39 is 18.0 Å². The van der Waals surface area contributed by atoms with Crippen LogP contribution in [0.15, 0.2) is 10.6 Å². The van der Waals surface area contributed by atoms with Crippen LogP contribution in [0, 0.1) is 11.8 Å². The van der Waals surface area contributed by atoms with Crippen molar-refractivity contribution in [3.8, 4) is 0 Å². The van der Waals surface area contributed by atoms with Crippen LogP contribution in [0.25, 0.3) is 0 Å². The SMILES string of the molecule is C[C@@H](O)C1C(=O)N2C(C(=O)O)=C(S[C@@H]3CN[C@H](C(=O)NCCN4CCNCC4)C3)[C@H](C)C12. The first-order chi connectivity index (χ1) is 15.3. The number of β-lactam (4-membered cyclic amide) rings is 1. The largest absolute Gasteiger partial charge is 0.477 e. The second kappa shape index (κ2) is 9.68. The molecule has 10 nitrogen and oxygen atoms in total. The van der Waals surface area contributed by atoms with Crippen molar-refractivity contribution in [1.29, 1.82) is 0 Å². The number of nitrogens with zero attached hydrogens (tertiary/aromatic N) is 2. The standard InChI is InChI=1S/C21H33N5O5S/c1-11-16-15(12(2)27)20(29)26(16)17(21(30)31)18(11)32-13-9-14(24-10-13)19(28)23-5-8-25-6-3-22-4-7-25/h11-16,22,24,27H,3-10H2,1-2H3,(H,23,28)(H,30,31)/t11-,12-,13+,14+,15?,16?/m1/s1. The number of carbonyl (C=O) groups is 3. The van der Waals surface area contributed by atoms with Gasteiger partial charge in [-0.2, -0.15) is 0 Å². The molecule has 4 aliphatic heterocycles. The third kappa shape index (κ3) is 4.41. The second-order valence-corrected chi connectivity index (χ2v) is 10.4. The van der Waals surface area contributed by atoms with E-state index in [-0.39, 0.29) is 40.8 Å². The molecule has 4 rings (SSSR count). The highest BCUT2D eigenvalue weighted by Gasteiger charge is 2.60. The first-order valence-corrected chi connectivity index (χ1v) is 12.3. The Labute approximate surface area is 192 Å². The minimum Gasteiger partial charge on any atom is -0.477 e. The van der Waals surface area contributed by atoms with Crippen LogP contribution in [0.3, 0.4) is 0 Å². The topological polar surface area (TPSA) is 134 Å². The van der Waals surface area contributed by atoms with Gasteiger partial charge in [0.15, 0.2) is 0 Å². The van der Waals surface area contributed by atoms with Gasteiger partial charge in [0, 0.05) is 61.9 Å². The van der Waals surface area contributed by atoms with Gasteiger partial charge in [-0.15, -0.1) is 11.8 Å². The molecule has 32 heavy (non-hydrogen) atoms. The lowest BCUT2D eigenvalue weighted by molar-refractivity contribution is -0.163. The number of fused-ring (bicyclic) bond motifs is 1. The summed E-state index contributed by atoms with van der Waals surface area (Å²) >= 11 is 1.46. The van der Waals surface area contributed by atoms with Crippen molar-refractivity contribution in [3.63, 3.8) is 0 Å². The molecule has 2 amide bonds. The van der Waals surface area contributed by atoms with E-state index in [9.17, 15) is 24.6 Å². The van der Waals surface area contributed by atoms with Crippen molar-refractivity contribution >= 4 is 29.5 Å². The Balaban J connectivity index is 1.32. The maximum Gasteiger partial charge on any atom is 0.353 e. The molecule has 4 heterocycles. The fourth-order valence-electron chi connectivity index (χ4n) is 5.25. The molecule has 0 spiro atoms. The van der Waals surface area contributed by atoms with Crippen LogP contribution in [-0.4, -0.2) is 107 Å². The number of hydrogen-bond acceptors (Lipinski definition) is 8. The van der Waals surface area contributed by atoms with Gasteiger partial charge in [0.2, 0.25) is 11.8 Å². The normalized spacial score (nSPS) is 33.8. The fourth-order valence-corrected chi connectivity index (χ4v) is 6.72. The third-order valence-electron chi connectivity index (χ3n) is 6.95. The average molecular weight is 468 g/mol. The van der Waals surface area contributed by atoms with Gasteiger partial charge >= 0.3 is 5.97 Å². The first kappa shape index (κ1) is 23.5. The van der Waals surface area contributed by atoms with E-state index in [4.69, 9.17) is 0 Å². The van der Waals surface area contributed by atoms with E-state index in [1.165, 1.54) is 16.7 Å². The zero-order valence-corrected chi connectivity index (χ0v) is 19.4. The molecule has 0 aliphatic carbocycles. The second-order valence-electron chi connectivity index (χ2n) is 9.09. The maximum absolute atomic E-state index is 12.6. The van der Waals surface area contributed by atoms with Crippen LogP contribution in [0.4, 0.5) is 0 Å². The van der Waals surface area contributed by atoms with Crippen molar-refractivity contribution in [1.82, 2.24) is 25.8 Å².